The number of rotatable bonds is 3. The van der Waals surface area contributed by atoms with Gasteiger partial charge in [0, 0.05) is 24.0 Å². The molecular formula is C9H11NO5. The molecule has 6 heteroatoms. The molecule has 0 bridgehead atoms. The quantitative estimate of drug-likeness (QED) is 0.556. The average molecular weight is 213 g/mol. The van der Waals surface area contributed by atoms with Crippen LogP contribution in [0.2, 0.25) is 0 Å². The SMILES string of the molecule is COC(=O)C(O)C(O)c1c[nH]ccc1=O. The highest BCUT2D eigenvalue weighted by Crippen LogP contribution is 2.12. The van der Waals surface area contributed by atoms with Crippen molar-refractivity contribution >= 4 is 5.97 Å². The number of carbonyl (C=O) groups is 1. The van der Waals surface area contributed by atoms with Crippen molar-refractivity contribution in [1.82, 2.24) is 4.98 Å². The minimum absolute atomic E-state index is 0.0876. The number of H-pyrrole nitrogens is 1. The van der Waals surface area contributed by atoms with Gasteiger partial charge >= 0.3 is 5.97 Å². The molecule has 0 aliphatic rings. The predicted molar refractivity (Wildman–Crippen MR) is 50.0 cm³/mol. The van der Waals surface area contributed by atoms with Crippen LogP contribution in [0.25, 0.3) is 0 Å². The van der Waals surface area contributed by atoms with Crippen molar-refractivity contribution in [2.45, 2.75) is 12.2 Å². The molecule has 0 saturated carbocycles. The smallest absolute Gasteiger partial charge is 0.337 e. The number of carbonyl (C=O) groups excluding carboxylic acids is 1. The first kappa shape index (κ1) is 11.4. The Morgan fingerprint density at radius 2 is 2.20 bits per heavy atom. The second-order valence-corrected chi connectivity index (χ2v) is 2.88. The third-order valence-electron chi connectivity index (χ3n) is 1.91. The molecule has 0 spiro atoms. The molecule has 0 aliphatic heterocycles. The van der Waals surface area contributed by atoms with Crippen LogP contribution in [0.1, 0.15) is 11.7 Å². The normalized spacial score (nSPS) is 14.3. The highest BCUT2D eigenvalue weighted by Gasteiger charge is 2.27. The van der Waals surface area contributed by atoms with Crippen LogP contribution in [0.4, 0.5) is 0 Å². The Bertz CT molecular complexity index is 399. The molecule has 0 aliphatic carbocycles. The number of hydrogen-bond donors (Lipinski definition) is 3. The van der Waals surface area contributed by atoms with Gasteiger partial charge in [0.15, 0.2) is 11.5 Å². The van der Waals surface area contributed by atoms with Crippen LogP contribution in [0.5, 0.6) is 0 Å². The highest BCUT2D eigenvalue weighted by molar-refractivity contribution is 5.75. The molecule has 15 heavy (non-hydrogen) atoms. The van der Waals surface area contributed by atoms with Gasteiger partial charge in [-0.15, -0.1) is 0 Å². The third-order valence-corrected chi connectivity index (χ3v) is 1.91. The fourth-order valence-electron chi connectivity index (χ4n) is 1.08. The van der Waals surface area contributed by atoms with Crippen LogP contribution in [0.15, 0.2) is 23.3 Å². The molecule has 2 atom stereocenters. The second kappa shape index (κ2) is 4.72. The summed E-state index contributed by atoms with van der Waals surface area (Å²) in [6.07, 6.45) is -0.761. The predicted octanol–water partition coefficient (Wildman–Crippen LogP) is -1.06. The van der Waals surface area contributed by atoms with Crippen molar-refractivity contribution < 1.29 is 19.7 Å². The number of pyridine rings is 1. The van der Waals surface area contributed by atoms with Crippen LogP contribution in [-0.4, -0.2) is 34.4 Å². The van der Waals surface area contributed by atoms with Gasteiger partial charge in [-0.1, -0.05) is 0 Å². The lowest BCUT2D eigenvalue weighted by Gasteiger charge is -2.14. The molecule has 0 radical (unpaired) electrons. The van der Waals surface area contributed by atoms with E-state index in [0.717, 1.165) is 7.11 Å². The van der Waals surface area contributed by atoms with E-state index < -0.39 is 23.6 Å². The van der Waals surface area contributed by atoms with E-state index in [1.807, 2.05) is 0 Å². The number of nitrogens with one attached hydrogen (secondary N) is 1. The summed E-state index contributed by atoms with van der Waals surface area (Å²) >= 11 is 0. The molecule has 0 saturated heterocycles. The summed E-state index contributed by atoms with van der Waals surface area (Å²) in [7, 11) is 1.08. The van der Waals surface area contributed by atoms with Gasteiger partial charge < -0.3 is 19.9 Å². The van der Waals surface area contributed by atoms with Crippen molar-refractivity contribution in [2.24, 2.45) is 0 Å². The maximum absolute atomic E-state index is 11.2. The maximum atomic E-state index is 11.2. The zero-order chi connectivity index (χ0) is 11.4. The molecule has 1 rings (SSSR count). The Morgan fingerprint density at radius 1 is 1.53 bits per heavy atom. The Morgan fingerprint density at radius 3 is 2.73 bits per heavy atom. The Labute approximate surface area is 85.1 Å². The molecule has 0 aromatic carbocycles. The van der Waals surface area contributed by atoms with E-state index in [2.05, 4.69) is 9.72 Å². The molecule has 1 heterocycles. The maximum Gasteiger partial charge on any atom is 0.337 e. The number of aliphatic hydroxyl groups is 2. The van der Waals surface area contributed by atoms with Gasteiger partial charge in [-0.3, -0.25) is 4.79 Å². The zero-order valence-electron chi connectivity index (χ0n) is 8.01. The summed E-state index contributed by atoms with van der Waals surface area (Å²) in [6, 6.07) is 1.18. The first-order chi connectivity index (χ1) is 7.07. The van der Waals surface area contributed by atoms with Crippen LogP contribution in [0, 0.1) is 0 Å². The number of esters is 1. The summed E-state index contributed by atoms with van der Waals surface area (Å²) in [5, 5.41) is 18.8. The van der Waals surface area contributed by atoms with Gasteiger partial charge in [0.05, 0.1) is 7.11 Å². The highest BCUT2D eigenvalue weighted by atomic mass is 16.5. The fourth-order valence-corrected chi connectivity index (χ4v) is 1.08. The molecular weight excluding hydrogens is 202 g/mol. The van der Waals surface area contributed by atoms with Gasteiger partial charge in [-0.2, -0.15) is 0 Å². The van der Waals surface area contributed by atoms with E-state index in [-0.39, 0.29) is 5.56 Å². The zero-order valence-corrected chi connectivity index (χ0v) is 8.01. The number of ether oxygens (including phenoxy) is 1. The van der Waals surface area contributed by atoms with Crippen LogP contribution in [-0.2, 0) is 9.53 Å². The lowest BCUT2D eigenvalue weighted by atomic mass is 10.1. The van der Waals surface area contributed by atoms with Crippen molar-refractivity contribution in [3.8, 4) is 0 Å². The number of hydrogen-bond acceptors (Lipinski definition) is 5. The largest absolute Gasteiger partial charge is 0.467 e. The van der Waals surface area contributed by atoms with Crippen molar-refractivity contribution in [2.75, 3.05) is 7.11 Å². The summed E-state index contributed by atoms with van der Waals surface area (Å²) < 4.78 is 4.23. The number of aromatic amines is 1. The Hall–Kier alpha value is -1.66. The van der Waals surface area contributed by atoms with Gasteiger partial charge in [-0.05, 0) is 0 Å². The summed E-state index contributed by atoms with van der Waals surface area (Å²) in [6.45, 7) is 0. The molecule has 1 aromatic heterocycles. The number of methoxy groups -OCH3 is 1. The van der Waals surface area contributed by atoms with Gasteiger partial charge in [0.1, 0.15) is 6.10 Å². The lowest BCUT2D eigenvalue weighted by molar-refractivity contribution is -0.156. The first-order valence-electron chi connectivity index (χ1n) is 4.19. The Balaban J connectivity index is 2.95. The molecule has 0 amide bonds. The minimum atomic E-state index is -1.77. The van der Waals surface area contributed by atoms with Crippen LogP contribution >= 0.6 is 0 Å². The lowest BCUT2D eigenvalue weighted by Crippen LogP contribution is -2.31. The monoisotopic (exact) mass is 213 g/mol. The standard InChI is InChI=1S/C9H11NO5/c1-15-9(14)8(13)7(12)5-4-10-3-2-6(5)11/h2-4,7-8,12-13H,1H3,(H,10,11). The van der Waals surface area contributed by atoms with E-state index in [9.17, 15) is 19.8 Å². The van der Waals surface area contributed by atoms with E-state index in [4.69, 9.17) is 0 Å². The molecule has 3 N–H and O–H groups in total. The molecule has 2 unspecified atom stereocenters. The summed E-state index contributed by atoms with van der Waals surface area (Å²) in [4.78, 5) is 24.7. The number of aromatic nitrogens is 1. The first-order valence-corrected chi connectivity index (χ1v) is 4.19. The van der Waals surface area contributed by atoms with Crippen molar-refractivity contribution in [3.63, 3.8) is 0 Å². The fraction of sp³-hybridized carbons (Fsp3) is 0.333. The van der Waals surface area contributed by atoms with Crippen molar-refractivity contribution in [1.29, 1.82) is 0 Å². The van der Waals surface area contributed by atoms with E-state index in [1.165, 1.54) is 18.5 Å². The van der Waals surface area contributed by atoms with Crippen LogP contribution in [0.3, 0.4) is 0 Å². The molecule has 1 aromatic rings. The summed E-state index contributed by atoms with van der Waals surface area (Å²) in [5.74, 6) is -0.995. The van der Waals surface area contributed by atoms with E-state index in [1.54, 1.807) is 0 Å². The molecule has 82 valence electrons. The van der Waals surface area contributed by atoms with Gasteiger partial charge in [0.25, 0.3) is 0 Å². The van der Waals surface area contributed by atoms with E-state index >= 15 is 0 Å². The third kappa shape index (κ3) is 2.42. The average Bonchev–Trinajstić information content (AvgIpc) is 2.26. The summed E-state index contributed by atoms with van der Waals surface area (Å²) in [5.41, 5.74) is -0.556. The van der Waals surface area contributed by atoms with Gasteiger partial charge in [0.2, 0.25) is 0 Å². The Kier molecular flexibility index (Phi) is 3.59. The van der Waals surface area contributed by atoms with Gasteiger partial charge in [-0.25, -0.2) is 4.79 Å². The minimum Gasteiger partial charge on any atom is -0.467 e. The molecule has 6 nitrogen and oxygen atoms in total. The number of aliphatic hydroxyl groups excluding tert-OH is 2. The van der Waals surface area contributed by atoms with Crippen LogP contribution < -0.4 is 5.43 Å². The second-order valence-electron chi connectivity index (χ2n) is 2.88. The topological polar surface area (TPSA) is 99.6 Å². The van der Waals surface area contributed by atoms with E-state index in [0.29, 0.717) is 0 Å². The van der Waals surface area contributed by atoms with Crippen molar-refractivity contribution in [3.05, 3.63) is 34.2 Å². The molecule has 0 fully saturated rings.